The molecule has 0 spiro atoms. The molecule has 19 heavy (non-hydrogen) atoms. The van der Waals surface area contributed by atoms with Gasteiger partial charge in [0.25, 0.3) is 0 Å². The van der Waals surface area contributed by atoms with E-state index in [-0.39, 0.29) is 5.82 Å². The summed E-state index contributed by atoms with van der Waals surface area (Å²) in [5.74, 6) is -0.741. The molecule has 1 N–H and O–H groups in total. The minimum absolute atomic E-state index is 0.235. The lowest BCUT2D eigenvalue weighted by molar-refractivity contribution is -0.389. The summed E-state index contributed by atoms with van der Waals surface area (Å²) in [6, 6.07) is 2.26. The third-order valence-electron chi connectivity index (χ3n) is 3.40. The summed E-state index contributed by atoms with van der Waals surface area (Å²) < 4.78 is 0. The van der Waals surface area contributed by atoms with Crippen molar-refractivity contribution in [1.29, 1.82) is 0 Å². The smallest absolute Gasteiger partial charge is 0.363 e. The number of hydrogen-bond donors (Lipinski definition) is 1. The highest BCUT2D eigenvalue weighted by molar-refractivity contribution is 5.78. The molecule has 1 fully saturated rings. The fourth-order valence-electron chi connectivity index (χ4n) is 2.34. The molecule has 0 saturated carbocycles. The number of carboxylic acids is 1. The Bertz CT molecular complexity index is 488. The summed E-state index contributed by atoms with van der Waals surface area (Å²) >= 11 is 0. The fourth-order valence-corrected chi connectivity index (χ4v) is 2.34. The molecule has 2 unspecified atom stereocenters. The molecule has 1 aliphatic rings. The highest BCUT2D eigenvalue weighted by atomic mass is 16.6. The predicted molar refractivity (Wildman–Crippen MR) is 68.1 cm³/mol. The molecule has 0 aromatic carbocycles. The van der Waals surface area contributed by atoms with Crippen molar-refractivity contribution in [3.63, 3.8) is 0 Å². The molecule has 0 amide bonds. The van der Waals surface area contributed by atoms with Crippen LogP contribution in [0.15, 0.2) is 18.3 Å². The summed E-state index contributed by atoms with van der Waals surface area (Å²) in [7, 11) is 0. The van der Waals surface area contributed by atoms with Crippen molar-refractivity contribution in [3.05, 3.63) is 28.4 Å². The van der Waals surface area contributed by atoms with E-state index in [9.17, 15) is 20.0 Å². The number of piperidine rings is 1. The van der Waals surface area contributed by atoms with Crippen molar-refractivity contribution in [3.8, 4) is 0 Å². The Morgan fingerprint density at radius 1 is 1.58 bits per heavy atom. The first-order valence-corrected chi connectivity index (χ1v) is 6.09. The normalized spacial score (nSPS) is 23.1. The van der Waals surface area contributed by atoms with Crippen LogP contribution in [0.2, 0.25) is 0 Å². The number of nitro groups is 1. The van der Waals surface area contributed by atoms with Crippen LogP contribution in [0.1, 0.15) is 19.8 Å². The molecule has 7 nitrogen and oxygen atoms in total. The molecule has 0 bridgehead atoms. The number of anilines is 1. The Morgan fingerprint density at radius 2 is 2.32 bits per heavy atom. The largest absolute Gasteiger partial charge is 0.480 e. The highest BCUT2D eigenvalue weighted by Crippen LogP contribution is 2.28. The maximum atomic E-state index is 11.3. The van der Waals surface area contributed by atoms with Gasteiger partial charge in [-0.25, -0.2) is 4.79 Å². The molecule has 1 saturated heterocycles. The first-order valence-electron chi connectivity index (χ1n) is 6.09. The maximum absolute atomic E-state index is 11.3. The number of carboxylic acid groups (broad SMARTS) is 1. The maximum Gasteiger partial charge on any atom is 0.363 e. The molecule has 0 aliphatic carbocycles. The van der Waals surface area contributed by atoms with Gasteiger partial charge in [0.2, 0.25) is 0 Å². The lowest BCUT2D eigenvalue weighted by Gasteiger charge is -2.36. The second-order valence-corrected chi connectivity index (χ2v) is 4.81. The van der Waals surface area contributed by atoms with Crippen molar-refractivity contribution >= 4 is 17.5 Å². The third kappa shape index (κ3) is 2.81. The zero-order valence-electron chi connectivity index (χ0n) is 10.5. The van der Waals surface area contributed by atoms with Crippen LogP contribution >= 0.6 is 0 Å². The second-order valence-electron chi connectivity index (χ2n) is 4.81. The third-order valence-corrected chi connectivity index (χ3v) is 3.40. The van der Waals surface area contributed by atoms with Gasteiger partial charge in [-0.1, -0.05) is 6.92 Å². The van der Waals surface area contributed by atoms with Crippen LogP contribution in [0.4, 0.5) is 11.5 Å². The Labute approximate surface area is 110 Å². The zero-order valence-corrected chi connectivity index (χ0v) is 10.5. The summed E-state index contributed by atoms with van der Waals surface area (Å²) in [6.07, 6.45) is 2.84. The summed E-state index contributed by atoms with van der Waals surface area (Å²) in [5.41, 5.74) is 0.616. The van der Waals surface area contributed by atoms with Crippen LogP contribution in [0.3, 0.4) is 0 Å². The van der Waals surface area contributed by atoms with Crippen molar-refractivity contribution < 1.29 is 14.8 Å². The van der Waals surface area contributed by atoms with Gasteiger partial charge in [0.15, 0.2) is 6.20 Å². The SMILES string of the molecule is CC1CCN(c2ccc([N+](=O)[O-])nc2)C(C(=O)O)C1. The number of aliphatic carboxylic acids is 1. The van der Waals surface area contributed by atoms with Gasteiger partial charge < -0.3 is 20.1 Å². The van der Waals surface area contributed by atoms with Gasteiger partial charge in [-0.3, -0.25) is 0 Å². The van der Waals surface area contributed by atoms with E-state index in [4.69, 9.17) is 0 Å². The number of nitrogens with zero attached hydrogens (tertiary/aromatic N) is 3. The molecule has 2 atom stereocenters. The van der Waals surface area contributed by atoms with E-state index >= 15 is 0 Å². The summed E-state index contributed by atoms with van der Waals surface area (Å²) in [5, 5.41) is 19.8. The second kappa shape index (κ2) is 5.21. The van der Waals surface area contributed by atoms with E-state index in [0.717, 1.165) is 6.42 Å². The van der Waals surface area contributed by atoms with Gasteiger partial charge in [0.05, 0.1) is 5.69 Å². The van der Waals surface area contributed by atoms with Crippen LogP contribution in [0.25, 0.3) is 0 Å². The lowest BCUT2D eigenvalue weighted by Crippen LogP contribution is -2.47. The minimum atomic E-state index is -0.870. The van der Waals surface area contributed by atoms with Crippen LogP contribution < -0.4 is 4.90 Å². The topological polar surface area (TPSA) is 96.6 Å². The molecule has 1 aromatic rings. The van der Waals surface area contributed by atoms with Gasteiger partial charge in [-0.15, -0.1) is 0 Å². The van der Waals surface area contributed by atoms with Gasteiger partial charge in [-0.05, 0) is 34.7 Å². The molecule has 2 heterocycles. The molecule has 0 radical (unpaired) electrons. The Kier molecular flexibility index (Phi) is 3.64. The van der Waals surface area contributed by atoms with Crippen molar-refractivity contribution in [2.24, 2.45) is 5.92 Å². The Hall–Kier alpha value is -2.18. The minimum Gasteiger partial charge on any atom is -0.480 e. The number of hydrogen-bond acceptors (Lipinski definition) is 5. The van der Waals surface area contributed by atoms with Gasteiger partial charge in [0.1, 0.15) is 6.04 Å². The quantitative estimate of drug-likeness (QED) is 0.659. The fraction of sp³-hybridized carbons (Fsp3) is 0.500. The number of aromatic nitrogens is 1. The van der Waals surface area contributed by atoms with Crippen LogP contribution in [0, 0.1) is 16.0 Å². The molecule has 7 heteroatoms. The van der Waals surface area contributed by atoms with Crippen LogP contribution in [-0.4, -0.2) is 33.6 Å². The van der Waals surface area contributed by atoms with Crippen molar-refractivity contribution in [1.82, 2.24) is 4.98 Å². The van der Waals surface area contributed by atoms with Gasteiger partial charge in [0, 0.05) is 12.6 Å². The van der Waals surface area contributed by atoms with E-state index < -0.39 is 16.9 Å². The molecule has 2 rings (SSSR count). The predicted octanol–water partition coefficient (Wildman–Crippen LogP) is 1.68. The monoisotopic (exact) mass is 265 g/mol. The van der Waals surface area contributed by atoms with E-state index in [1.165, 1.54) is 12.3 Å². The van der Waals surface area contributed by atoms with E-state index in [2.05, 4.69) is 4.98 Å². The van der Waals surface area contributed by atoms with E-state index in [1.54, 1.807) is 11.0 Å². The molecule has 1 aliphatic heterocycles. The van der Waals surface area contributed by atoms with Gasteiger partial charge >= 0.3 is 11.8 Å². The number of rotatable bonds is 3. The van der Waals surface area contributed by atoms with Crippen molar-refractivity contribution in [2.75, 3.05) is 11.4 Å². The molecule has 102 valence electrons. The van der Waals surface area contributed by atoms with E-state index in [0.29, 0.717) is 24.6 Å². The van der Waals surface area contributed by atoms with Crippen molar-refractivity contribution in [2.45, 2.75) is 25.8 Å². The number of pyridine rings is 1. The first kappa shape index (κ1) is 13.3. The number of carbonyl (C=O) groups is 1. The zero-order chi connectivity index (χ0) is 14.0. The summed E-state index contributed by atoms with van der Waals surface area (Å²) in [6.45, 7) is 2.65. The summed E-state index contributed by atoms with van der Waals surface area (Å²) in [4.78, 5) is 26.7. The first-order chi connectivity index (χ1) is 8.99. The van der Waals surface area contributed by atoms with E-state index in [1.807, 2.05) is 6.92 Å². The average Bonchev–Trinajstić information content (AvgIpc) is 2.38. The molecule has 1 aromatic heterocycles. The molecular weight excluding hydrogens is 250 g/mol. The standard InChI is InChI=1S/C12H15N3O4/c1-8-4-5-14(10(6-8)12(16)17)9-2-3-11(13-7-9)15(18)19/h2-3,7-8,10H,4-6H2,1H3,(H,16,17). The average molecular weight is 265 g/mol. The molecular formula is C12H15N3O4. The highest BCUT2D eigenvalue weighted by Gasteiger charge is 2.32. The Morgan fingerprint density at radius 3 is 2.84 bits per heavy atom. The van der Waals surface area contributed by atoms with Crippen LogP contribution in [-0.2, 0) is 4.79 Å². The Balaban J connectivity index is 2.23. The van der Waals surface area contributed by atoms with Gasteiger partial charge in [-0.2, -0.15) is 0 Å². The lowest BCUT2D eigenvalue weighted by atomic mass is 9.92. The van der Waals surface area contributed by atoms with Crippen LogP contribution in [0.5, 0.6) is 0 Å².